The van der Waals surface area contributed by atoms with E-state index < -0.39 is 5.97 Å². The average Bonchev–Trinajstić information content (AvgIpc) is 2.95. The summed E-state index contributed by atoms with van der Waals surface area (Å²) in [6.45, 7) is 0.525. The number of carboxylic acids is 1. The van der Waals surface area contributed by atoms with Crippen molar-refractivity contribution in [1.29, 1.82) is 0 Å². The Kier molecular flexibility index (Phi) is 5.31. The highest BCUT2D eigenvalue weighted by Crippen LogP contribution is 2.15. The van der Waals surface area contributed by atoms with Crippen molar-refractivity contribution in [3.05, 3.63) is 65.5 Å². The minimum atomic E-state index is -1.02. The molecule has 2 aromatic carbocycles. The lowest BCUT2D eigenvalue weighted by molar-refractivity contribution is -0.120. The van der Waals surface area contributed by atoms with Crippen LogP contribution in [-0.2, 0) is 24.7 Å². The van der Waals surface area contributed by atoms with Gasteiger partial charge in [0, 0.05) is 20.0 Å². The number of carbonyl (C=O) groups excluding carboxylic acids is 1. The maximum absolute atomic E-state index is 12.1. The van der Waals surface area contributed by atoms with Gasteiger partial charge in [0.05, 0.1) is 23.0 Å². The summed E-state index contributed by atoms with van der Waals surface area (Å²) in [7, 11) is 1.99. The molecule has 0 radical (unpaired) electrons. The van der Waals surface area contributed by atoms with Crippen LogP contribution in [0.1, 0.15) is 28.2 Å². The van der Waals surface area contributed by atoms with Gasteiger partial charge in [-0.3, -0.25) is 4.79 Å². The molecule has 0 fully saturated rings. The first kappa shape index (κ1) is 17.7. The van der Waals surface area contributed by atoms with Crippen molar-refractivity contribution >= 4 is 22.9 Å². The van der Waals surface area contributed by atoms with Gasteiger partial charge in [0.1, 0.15) is 5.82 Å². The maximum Gasteiger partial charge on any atom is 0.335 e. The van der Waals surface area contributed by atoms with Crippen LogP contribution in [0.2, 0.25) is 0 Å². The standard InChI is InChI=1S/C20H21N3O3/c1-23-17-10-5-4-9-16(17)22-18(23)11-6-12-21-19(24)13-14-7-2-3-8-15(14)20(25)26/h2-5,7-10H,6,11-13H2,1H3,(H,21,24)(H,25,26). The molecule has 1 aromatic heterocycles. The highest BCUT2D eigenvalue weighted by atomic mass is 16.4. The topological polar surface area (TPSA) is 84.2 Å². The van der Waals surface area contributed by atoms with Crippen LogP contribution in [0.4, 0.5) is 0 Å². The number of nitrogens with one attached hydrogen (secondary N) is 1. The van der Waals surface area contributed by atoms with Crippen molar-refractivity contribution in [2.45, 2.75) is 19.3 Å². The number of hydrogen-bond acceptors (Lipinski definition) is 3. The van der Waals surface area contributed by atoms with Crippen LogP contribution >= 0.6 is 0 Å². The van der Waals surface area contributed by atoms with E-state index in [1.54, 1.807) is 18.2 Å². The molecule has 1 amide bonds. The molecule has 0 spiro atoms. The lowest BCUT2D eigenvalue weighted by Gasteiger charge is -2.07. The maximum atomic E-state index is 12.1. The van der Waals surface area contributed by atoms with Crippen LogP contribution < -0.4 is 5.32 Å². The fraction of sp³-hybridized carbons (Fsp3) is 0.250. The Bertz CT molecular complexity index is 946. The number of aromatic nitrogens is 2. The quantitative estimate of drug-likeness (QED) is 0.641. The van der Waals surface area contributed by atoms with Gasteiger partial charge in [-0.05, 0) is 30.2 Å². The zero-order valence-electron chi connectivity index (χ0n) is 14.6. The van der Waals surface area contributed by atoms with E-state index in [2.05, 4.69) is 14.9 Å². The third kappa shape index (κ3) is 3.91. The molecule has 3 rings (SSSR count). The number of aromatic carboxylic acids is 1. The normalized spacial score (nSPS) is 10.8. The highest BCUT2D eigenvalue weighted by Gasteiger charge is 2.12. The van der Waals surface area contributed by atoms with E-state index in [4.69, 9.17) is 5.11 Å². The molecule has 6 nitrogen and oxygen atoms in total. The minimum Gasteiger partial charge on any atom is -0.478 e. The lowest BCUT2D eigenvalue weighted by atomic mass is 10.0. The molecule has 0 bridgehead atoms. The number of carboxylic acid groups (broad SMARTS) is 1. The summed E-state index contributed by atoms with van der Waals surface area (Å²) in [6.07, 6.45) is 1.59. The van der Waals surface area contributed by atoms with Gasteiger partial charge >= 0.3 is 5.97 Å². The monoisotopic (exact) mass is 351 g/mol. The summed E-state index contributed by atoms with van der Waals surface area (Å²) < 4.78 is 2.07. The molecule has 2 N–H and O–H groups in total. The van der Waals surface area contributed by atoms with E-state index >= 15 is 0 Å². The average molecular weight is 351 g/mol. The Labute approximate surface area is 151 Å². The van der Waals surface area contributed by atoms with Crippen LogP contribution in [0.25, 0.3) is 11.0 Å². The van der Waals surface area contributed by atoms with Gasteiger partial charge in [0.25, 0.3) is 0 Å². The fourth-order valence-corrected chi connectivity index (χ4v) is 3.01. The highest BCUT2D eigenvalue weighted by molar-refractivity contribution is 5.91. The number of aryl methyl sites for hydroxylation is 2. The second kappa shape index (κ2) is 7.82. The molecule has 0 unspecified atom stereocenters. The van der Waals surface area contributed by atoms with Gasteiger partial charge in [-0.15, -0.1) is 0 Å². The molecule has 26 heavy (non-hydrogen) atoms. The summed E-state index contributed by atoms with van der Waals surface area (Å²) in [6, 6.07) is 14.5. The van der Waals surface area contributed by atoms with E-state index in [9.17, 15) is 9.59 Å². The van der Waals surface area contributed by atoms with Crippen molar-refractivity contribution in [3.63, 3.8) is 0 Å². The van der Waals surface area contributed by atoms with Crippen LogP contribution in [0, 0.1) is 0 Å². The van der Waals surface area contributed by atoms with Crippen LogP contribution in [-0.4, -0.2) is 33.1 Å². The summed E-state index contributed by atoms with van der Waals surface area (Å²) in [5.41, 5.74) is 2.76. The number of rotatable bonds is 7. The number of benzene rings is 2. The van der Waals surface area contributed by atoms with Gasteiger partial charge < -0.3 is 15.0 Å². The first-order chi connectivity index (χ1) is 12.6. The Hall–Kier alpha value is -3.15. The Morgan fingerprint density at radius 2 is 1.85 bits per heavy atom. The molecule has 3 aromatic rings. The number of para-hydroxylation sites is 2. The first-order valence-electron chi connectivity index (χ1n) is 8.54. The van der Waals surface area contributed by atoms with E-state index in [-0.39, 0.29) is 17.9 Å². The third-order valence-electron chi connectivity index (χ3n) is 4.38. The van der Waals surface area contributed by atoms with Crippen molar-refractivity contribution in [3.8, 4) is 0 Å². The number of hydrogen-bond donors (Lipinski definition) is 2. The molecule has 0 atom stereocenters. The number of amides is 1. The molecule has 0 saturated heterocycles. The number of nitrogens with zero attached hydrogens (tertiary/aromatic N) is 2. The summed E-state index contributed by atoms with van der Waals surface area (Å²) in [5.74, 6) is -0.212. The zero-order chi connectivity index (χ0) is 18.5. The van der Waals surface area contributed by atoms with Gasteiger partial charge in [0.2, 0.25) is 5.91 Å². The second-order valence-electron chi connectivity index (χ2n) is 6.17. The Balaban J connectivity index is 1.51. The third-order valence-corrected chi connectivity index (χ3v) is 4.38. The largest absolute Gasteiger partial charge is 0.478 e. The summed E-state index contributed by atoms with van der Waals surface area (Å²) in [5, 5.41) is 12.0. The molecule has 6 heteroatoms. The van der Waals surface area contributed by atoms with Crippen LogP contribution in [0.3, 0.4) is 0 Å². The molecule has 134 valence electrons. The minimum absolute atomic E-state index is 0.0642. The molecular formula is C20H21N3O3. The number of fused-ring (bicyclic) bond motifs is 1. The Morgan fingerprint density at radius 1 is 1.12 bits per heavy atom. The van der Waals surface area contributed by atoms with Gasteiger partial charge in [-0.1, -0.05) is 30.3 Å². The number of carbonyl (C=O) groups is 2. The zero-order valence-corrected chi connectivity index (χ0v) is 14.6. The van der Waals surface area contributed by atoms with E-state index in [0.29, 0.717) is 12.1 Å². The van der Waals surface area contributed by atoms with Gasteiger partial charge in [0.15, 0.2) is 0 Å². The smallest absolute Gasteiger partial charge is 0.335 e. The van der Waals surface area contributed by atoms with E-state index in [1.807, 2.05) is 31.3 Å². The molecule has 0 saturated carbocycles. The molecule has 0 aliphatic carbocycles. The van der Waals surface area contributed by atoms with Crippen molar-refractivity contribution in [2.75, 3.05) is 6.54 Å². The fourth-order valence-electron chi connectivity index (χ4n) is 3.01. The second-order valence-corrected chi connectivity index (χ2v) is 6.17. The summed E-state index contributed by atoms with van der Waals surface area (Å²) >= 11 is 0. The van der Waals surface area contributed by atoms with Gasteiger partial charge in [-0.25, -0.2) is 9.78 Å². The summed E-state index contributed by atoms with van der Waals surface area (Å²) in [4.78, 5) is 27.9. The predicted octanol–water partition coefficient (Wildman–Crippen LogP) is 2.56. The van der Waals surface area contributed by atoms with Crippen molar-refractivity contribution < 1.29 is 14.7 Å². The van der Waals surface area contributed by atoms with Crippen LogP contribution in [0.15, 0.2) is 48.5 Å². The first-order valence-corrected chi connectivity index (χ1v) is 8.54. The predicted molar refractivity (Wildman–Crippen MR) is 99.2 cm³/mol. The lowest BCUT2D eigenvalue weighted by Crippen LogP contribution is -2.27. The van der Waals surface area contributed by atoms with Crippen molar-refractivity contribution in [2.24, 2.45) is 7.05 Å². The van der Waals surface area contributed by atoms with Crippen LogP contribution in [0.5, 0.6) is 0 Å². The SMILES string of the molecule is Cn1c(CCCNC(=O)Cc2ccccc2C(=O)O)nc2ccccc21. The molecular weight excluding hydrogens is 330 g/mol. The molecule has 0 aliphatic heterocycles. The Morgan fingerprint density at radius 3 is 2.62 bits per heavy atom. The molecule has 1 heterocycles. The van der Waals surface area contributed by atoms with E-state index in [0.717, 1.165) is 29.7 Å². The van der Waals surface area contributed by atoms with Crippen molar-refractivity contribution in [1.82, 2.24) is 14.9 Å². The van der Waals surface area contributed by atoms with Gasteiger partial charge in [-0.2, -0.15) is 0 Å². The van der Waals surface area contributed by atoms with E-state index in [1.165, 1.54) is 6.07 Å². The molecule has 0 aliphatic rings. The number of imidazole rings is 1.